The molecule has 4 heteroatoms. The number of hydroxylamine groups is 3. The van der Waals surface area contributed by atoms with E-state index in [4.69, 9.17) is 10.7 Å². The van der Waals surface area contributed by atoms with Crippen molar-refractivity contribution in [1.82, 2.24) is 10.5 Å². The van der Waals surface area contributed by atoms with Gasteiger partial charge in [0, 0.05) is 11.9 Å². The predicted octanol–water partition coefficient (Wildman–Crippen LogP) is -0.0505. The van der Waals surface area contributed by atoms with Gasteiger partial charge in [-0.05, 0) is 12.2 Å². The summed E-state index contributed by atoms with van der Waals surface area (Å²) < 4.78 is 0. The monoisotopic (exact) mass is 137 g/mol. The molecule has 0 bridgehead atoms. The summed E-state index contributed by atoms with van der Waals surface area (Å²) in [5.74, 6) is 0. The van der Waals surface area contributed by atoms with Crippen molar-refractivity contribution < 1.29 is 4.94 Å². The van der Waals surface area contributed by atoms with Crippen LogP contribution in [-0.4, -0.2) is 5.06 Å². The molecule has 0 aliphatic carbocycles. The third kappa shape index (κ3) is 0.663. The zero-order valence-corrected chi connectivity index (χ0v) is 5.24. The molecule has 0 fully saturated rings. The van der Waals surface area contributed by atoms with Crippen LogP contribution in [-0.2, 0) is 4.94 Å². The fourth-order valence-corrected chi connectivity index (χ4v) is 0.854. The summed E-state index contributed by atoms with van der Waals surface area (Å²) in [4.78, 5) is 4.91. The van der Waals surface area contributed by atoms with Gasteiger partial charge in [-0.3, -0.25) is 0 Å². The van der Waals surface area contributed by atoms with Gasteiger partial charge < -0.3 is 5.73 Å². The fraction of sp³-hybridized carbons (Fsp3) is 0. The van der Waals surface area contributed by atoms with Gasteiger partial charge in [0.05, 0.1) is 11.9 Å². The Morgan fingerprint density at radius 2 is 2.50 bits per heavy atom. The summed E-state index contributed by atoms with van der Waals surface area (Å²) >= 11 is 0. The summed E-state index contributed by atoms with van der Waals surface area (Å²) in [5.41, 5.74) is 9.76. The summed E-state index contributed by atoms with van der Waals surface area (Å²) in [5, 5.41) is 1.59. The highest BCUT2D eigenvalue weighted by Crippen LogP contribution is 2.16. The molecule has 2 rings (SSSR count). The van der Waals surface area contributed by atoms with Crippen molar-refractivity contribution in [2.75, 3.05) is 0 Å². The molecular weight excluding hydrogens is 130 g/mol. The number of hydrogen-bond acceptors (Lipinski definition) is 4. The maximum Gasteiger partial charge on any atom is 0.0914 e. The van der Waals surface area contributed by atoms with Gasteiger partial charge in [-0.2, -0.15) is 4.94 Å². The van der Waals surface area contributed by atoms with Crippen molar-refractivity contribution in [3.8, 4) is 0 Å². The molecule has 0 saturated carbocycles. The van der Waals surface area contributed by atoms with E-state index in [1.807, 2.05) is 6.08 Å². The largest absolute Gasteiger partial charge is 0.399 e. The summed E-state index contributed by atoms with van der Waals surface area (Å²) in [6, 6.07) is 0. The first-order chi connectivity index (χ1) is 4.86. The summed E-state index contributed by atoms with van der Waals surface area (Å²) in [7, 11) is 0. The van der Waals surface area contributed by atoms with Crippen molar-refractivity contribution >= 4 is 0 Å². The van der Waals surface area contributed by atoms with E-state index >= 15 is 0 Å². The van der Waals surface area contributed by atoms with Gasteiger partial charge in [-0.1, -0.05) is 0 Å². The Morgan fingerprint density at radius 3 is 3.40 bits per heavy atom. The molecular formula is C6H7N3O. The Labute approximate surface area is 58.2 Å². The molecule has 0 aromatic rings. The van der Waals surface area contributed by atoms with Crippen molar-refractivity contribution in [2.24, 2.45) is 5.73 Å². The van der Waals surface area contributed by atoms with Crippen LogP contribution in [0.25, 0.3) is 0 Å². The Morgan fingerprint density at radius 1 is 1.60 bits per heavy atom. The van der Waals surface area contributed by atoms with E-state index < -0.39 is 0 Å². The molecule has 2 aliphatic heterocycles. The molecule has 0 atom stereocenters. The second-order valence-electron chi connectivity index (χ2n) is 2.06. The lowest BCUT2D eigenvalue weighted by Crippen LogP contribution is -2.17. The van der Waals surface area contributed by atoms with E-state index in [-0.39, 0.29) is 0 Å². The van der Waals surface area contributed by atoms with E-state index in [0.717, 1.165) is 11.4 Å². The number of rotatable bonds is 0. The lowest BCUT2D eigenvalue weighted by atomic mass is 10.3. The molecule has 2 heterocycles. The van der Waals surface area contributed by atoms with Crippen molar-refractivity contribution in [2.45, 2.75) is 0 Å². The number of nitrogens with zero attached hydrogens (tertiary/aromatic N) is 1. The Hall–Kier alpha value is -1.42. The second-order valence-corrected chi connectivity index (χ2v) is 2.06. The SMILES string of the molecule is NC1=CC2=CNON2C=C1. The van der Waals surface area contributed by atoms with E-state index in [2.05, 4.69) is 5.48 Å². The van der Waals surface area contributed by atoms with Gasteiger partial charge in [-0.15, -0.1) is 0 Å². The average Bonchev–Trinajstić information content (AvgIpc) is 2.33. The standard InChI is InChI=1S/C6H7N3O/c7-5-1-2-9-6(3-5)4-8-10-9/h1-4,8H,7H2. The molecule has 4 nitrogen and oxygen atoms in total. The molecule has 10 heavy (non-hydrogen) atoms. The quantitative estimate of drug-likeness (QED) is 0.491. The fourth-order valence-electron chi connectivity index (χ4n) is 0.854. The summed E-state index contributed by atoms with van der Waals surface area (Å²) in [6.07, 6.45) is 7.07. The highest BCUT2D eigenvalue weighted by molar-refractivity contribution is 5.32. The predicted molar refractivity (Wildman–Crippen MR) is 35.6 cm³/mol. The zero-order chi connectivity index (χ0) is 6.97. The van der Waals surface area contributed by atoms with Crippen LogP contribution in [0.3, 0.4) is 0 Å². The van der Waals surface area contributed by atoms with E-state index in [1.165, 1.54) is 0 Å². The maximum atomic E-state index is 5.51. The molecule has 2 aliphatic rings. The lowest BCUT2D eigenvalue weighted by Gasteiger charge is -2.14. The van der Waals surface area contributed by atoms with Gasteiger partial charge in [-0.25, -0.2) is 10.5 Å². The first-order valence-corrected chi connectivity index (χ1v) is 2.93. The topological polar surface area (TPSA) is 50.5 Å². The van der Waals surface area contributed by atoms with Crippen LogP contribution >= 0.6 is 0 Å². The third-order valence-corrected chi connectivity index (χ3v) is 1.33. The Balaban J connectivity index is 2.34. The minimum Gasteiger partial charge on any atom is -0.399 e. The van der Waals surface area contributed by atoms with Crippen LogP contribution in [0.5, 0.6) is 0 Å². The molecule has 0 saturated heterocycles. The number of nitrogens with two attached hydrogens (primary N) is 1. The number of allylic oxidation sites excluding steroid dienone is 2. The molecule has 0 radical (unpaired) electrons. The number of fused-ring (bicyclic) bond motifs is 1. The van der Waals surface area contributed by atoms with E-state index in [1.54, 1.807) is 23.5 Å². The second kappa shape index (κ2) is 1.78. The van der Waals surface area contributed by atoms with Crippen LogP contribution in [0.4, 0.5) is 0 Å². The minimum atomic E-state index is 0.731. The van der Waals surface area contributed by atoms with Crippen LogP contribution in [0, 0.1) is 0 Å². The third-order valence-electron chi connectivity index (χ3n) is 1.33. The molecule has 0 amide bonds. The Kier molecular flexibility index (Phi) is 0.956. The Bertz CT molecular complexity index is 241. The summed E-state index contributed by atoms with van der Waals surface area (Å²) in [6.45, 7) is 0. The number of nitrogens with one attached hydrogen (secondary N) is 1. The van der Waals surface area contributed by atoms with Gasteiger partial charge in [0.1, 0.15) is 0 Å². The van der Waals surface area contributed by atoms with Crippen LogP contribution in [0.2, 0.25) is 0 Å². The molecule has 0 aromatic heterocycles. The first kappa shape index (κ1) is 5.37. The minimum absolute atomic E-state index is 0.731. The zero-order valence-electron chi connectivity index (χ0n) is 5.24. The van der Waals surface area contributed by atoms with Crippen molar-refractivity contribution in [3.63, 3.8) is 0 Å². The first-order valence-electron chi connectivity index (χ1n) is 2.93. The highest BCUT2D eigenvalue weighted by Gasteiger charge is 2.14. The van der Waals surface area contributed by atoms with Crippen LogP contribution in [0.1, 0.15) is 0 Å². The highest BCUT2D eigenvalue weighted by atomic mass is 16.8. The van der Waals surface area contributed by atoms with Crippen LogP contribution < -0.4 is 11.2 Å². The van der Waals surface area contributed by atoms with Crippen molar-refractivity contribution in [1.29, 1.82) is 0 Å². The molecule has 3 N–H and O–H groups in total. The molecule has 52 valence electrons. The van der Waals surface area contributed by atoms with Crippen molar-refractivity contribution in [3.05, 3.63) is 35.9 Å². The van der Waals surface area contributed by atoms with E-state index in [0.29, 0.717) is 0 Å². The van der Waals surface area contributed by atoms with Gasteiger partial charge in [0.15, 0.2) is 0 Å². The molecule has 0 aromatic carbocycles. The normalized spacial score (nSPS) is 21.4. The van der Waals surface area contributed by atoms with Gasteiger partial charge in [0.2, 0.25) is 0 Å². The van der Waals surface area contributed by atoms with Crippen LogP contribution in [0.15, 0.2) is 35.9 Å². The van der Waals surface area contributed by atoms with E-state index in [9.17, 15) is 0 Å². The van der Waals surface area contributed by atoms with Gasteiger partial charge in [0.25, 0.3) is 0 Å². The number of hydrogen-bond donors (Lipinski definition) is 2. The molecule has 0 spiro atoms. The lowest BCUT2D eigenvalue weighted by molar-refractivity contribution is -0.112. The maximum absolute atomic E-state index is 5.51. The van der Waals surface area contributed by atoms with Gasteiger partial charge >= 0.3 is 0 Å². The smallest absolute Gasteiger partial charge is 0.0914 e. The average molecular weight is 137 g/mol. The molecule has 0 unspecified atom stereocenters.